The minimum absolute atomic E-state index is 0.0691. The number of hydrogen-bond acceptors (Lipinski definition) is 5. The number of hydrogen-bond donors (Lipinski definition) is 2. The first-order chi connectivity index (χ1) is 11.9. The topological polar surface area (TPSA) is 63.0 Å². The number of anilines is 3. The number of nitrogens with one attached hydrogen (secondary N) is 2. The number of aromatic nitrogens is 2. The number of benzene rings is 1. The summed E-state index contributed by atoms with van der Waals surface area (Å²) in [6.07, 6.45) is -1.44. The molecule has 0 unspecified atom stereocenters. The Kier molecular flexibility index (Phi) is 4.80. The molecule has 9 heteroatoms. The van der Waals surface area contributed by atoms with E-state index in [-0.39, 0.29) is 16.7 Å². The van der Waals surface area contributed by atoms with Crippen LogP contribution in [0.4, 0.5) is 30.6 Å². The van der Waals surface area contributed by atoms with E-state index in [4.69, 9.17) is 16.0 Å². The molecule has 25 heavy (non-hydrogen) atoms. The van der Waals surface area contributed by atoms with Gasteiger partial charge in [0, 0.05) is 6.20 Å². The van der Waals surface area contributed by atoms with Crippen molar-refractivity contribution >= 4 is 29.1 Å². The third-order valence-electron chi connectivity index (χ3n) is 3.22. The fraction of sp³-hybridized carbons (Fsp3) is 0.125. The molecule has 0 radical (unpaired) electrons. The van der Waals surface area contributed by atoms with Crippen LogP contribution in [0.2, 0.25) is 5.02 Å². The lowest BCUT2D eigenvalue weighted by atomic mass is 10.2. The highest BCUT2D eigenvalue weighted by Gasteiger charge is 2.31. The summed E-state index contributed by atoms with van der Waals surface area (Å²) in [5.74, 6) is 1.32. The third-order valence-corrected chi connectivity index (χ3v) is 3.55. The molecule has 2 N–H and O–H groups in total. The van der Waals surface area contributed by atoms with Gasteiger partial charge in [-0.05, 0) is 36.4 Å². The van der Waals surface area contributed by atoms with Gasteiger partial charge in [0.1, 0.15) is 11.6 Å². The van der Waals surface area contributed by atoms with Gasteiger partial charge in [-0.1, -0.05) is 11.6 Å². The van der Waals surface area contributed by atoms with Gasteiger partial charge >= 0.3 is 6.18 Å². The van der Waals surface area contributed by atoms with Crippen LogP contribution in [0.15, 0.2) is 53.3 Å². The number of alkyl halides is 3. The van der Waals surface area contributed by atoms with E-state index >= 15 is 0 Å². The molecule has 3 aromatic rings. The van der Waals surface area contributed by atoms with Crippen molar-refractivity contribution in [1.82, 2.24) is 9.97 Å². The van der Waals surface area contributed by atoms with Crippen LogP contribution < -0.4 is 10.6 Å². The average molecular weight is 369 g/mol. The highest BCUT2D eigenvalue weighted by molar-refractivity contribution is 6.33. The lowest BCUT2D eigenvalue weighted by molar-refractivity contribution is -0.137. The highest BCUT2D eigenvalue weighted by atomic mass is 35.5. The summed E-state index contributed by atoms with van der Waals surface area (Å²) in [7, 11) is 0. The monoisotopic (exact) mass is 368 g/mol. The van der Waals surface area contributed by atoms with Gasteiger partial charge in [0.25, 0.3) is 0 Å². The zero-order valence-electron chi connectivity index (χ0n) is 12.6. The fourth-order valence-electron chi connectivity index (χ4n) is 2.03. The van der Waals surface area contributed by atoms with Crippen molar-refractivity contribution in [1.29, 1.82) is 0 Å². The van der Waals surface area contributed by atoms with E-state index in [1.807, 2.05) is 0 Å². The van der Waals surface area contributed by atoms with Crippen molar-refractivity contribution < 1.29 is 17.6 Å². The van der Waals surface area contributed by atoms with Crippen molar-refractivity contribution in [3.63, 3.8) is 0 Å². The zero-order valence-corrected chi connectivity index (χ0v) is 13.4. The number of rotatable bonds is 5. The maximum atomic E-state index is 12.8. The maximum Gasteiger partial charge on any atom is 0.416 e. The Labute approximate surface area is 145 Å². The summed E-state index contributed by atoms with van der Waals surface area (Å²) in [5.41, 5.74) is -0.744. The number of furan rings is 1. The predicted octanol–water partition coefficient (Wildman–Crippen LogP) is 5.10. The van der Waals surface area contributed by atoms with Crippen LogP contribution in [0.25, 0.3) is 0 Å². The Morgan fingerprint density at radius 2 is 2.00 bits per heavy atom. The highest BCUT2D eigenvalue weighted by Crippen LogP contribution is 2.34. The van der Waals surface area contributed by atoms with E-state index in [2.05, 4.69) is 20.6 Å². The van der Waals surface area contributed by atoms with Crippen molar-refractivity contribution in [2.45, 2.75) is 12.7 Å². The van der Waals surface area contributed by atoms with Gasteiger partial charge < -0.3 is 15.1 Å². The van der Waals surface area contributed by atoms with Crippen LogP contribution in [-0.4, -0.2) is 9.97 Å². The third kappa shape index (κ3) is 4.42. The first-order valence-corrected chi connectivity index (χ1v) is 7.53. The maximum absolute atomic E-state index is 12.8. The van der Waals surface area contributed by atoms with E-state index in [1.54, 1.807) is 24.5 Å². The average Bonchev–Trinajstić information content (AvgIpc) is 3.08. The van der Waals surface area contributed by atoms with E-state index in [9.17, 15) is 13.2 Å². The first-order valence-electron chi connectivity index (χ1n) is 7.15. The Hall–Kier alpha value is -2.74. The van der Waals surface area contributed by atoms with E-state index in [0.717, 1.165) is 12.1 Å². The summed E-state index contributed by atoms with van der Waals surface area (Å²) < 4.78 is 43.6. The molecule has 0 saturated carbocycles. The molecule has 0 aliphatic heterocycles. The largest absolute Gasteiger partial charge is 0.467 e. The van der Waals surface area contributed by atoms with Gasteiger partial charge in [-0.3, -0.25) is 0 Å². The second kappa shape index (κ2) is 7.02. The molecule has 2 aromatic heterocycles. The summed E-state index contributed by atoms with van der Waals surface area (Å²) in [6.45, 7) is 0.410. The molecule has 5 nitrogen and oxygen atoms in total. The van der Waals surface area contributed by atoms with E-state index in [0.29, 0.717) is 18.1 Å². The van der Waals surface area contributed by atoms with Crippen LogP contribution in [0.1, 0.15) is 11.3 Å². The second-order valence-corrected chi connectivity index (χ2v) is 5.42. The number of halogens is 4. The predicted molar refractivity (Wildman–Crippen MR) is 87.8 cm³/mol. The molecule has 0 amide bonds. The lowest BCUT2D eigenvalue weighted by Crippen LogP contribution is -2.07. The smallest absolute Gasteiger partial charge is 0.416 e. The van der Waals surface area contributed by atoms with Crippen LogP contribution in [0.3, 0.4) is 0 Å². The Balaban J connectivity index is 1.76. The minimum Gasteiger partial charge on any atom is -0.467 e. The first kappa shape index (κ1) is 17.1. The lowest BCUT2D eigenvalue weighted by Gasteiger charge is -2.12. The molecule has 0 aliphatic rings. The van der Waals surface area contributed by atoms with Crippen LogP contribution in [0, 0.1) is 0 Å². The van der Waals surface area contributed by atoms with Gasteiger partial charge in [-0.25, -0.2) is 4.98 Å². The van der Waals surface area contributed by atoms with Crippen LogP contribution in [-0.2, 0) is 12.7 Å². The normalized spacial score (nSPS) is 11.4. The van der Waals surface area contributed by atoms with Gasteiger partial charge in [0.05, 0.1) is 29.1 Å². The zero-order chi connectivity index (χ0) is 17.9. The molecule has 0 spiro atoms. The van der Waals surface area contributed by atoms with Crippen LogP contribution >= 0.6 is 11.6 Å². The van der Waals surface area contributed by atoms with Crippen molar-refractivity contribution in [3.8, 4) is 0 Å². The molecular formula is C16H12ClF3N4O. The van der Waals surface area contributed by atoms with Gasteiger partial charge in [-0.2, -0.15) is 18.2 Å². The summed E-state index contributed by atoms with van der Waals surface area (Å²) in [5, 5.41) is 5.86. The van der Waals surface area contributed by atoms with E-state index < -0.39 is 11.7 Å². The summed E-state index contributed by atoms with van der Waals surface area (Å²) >= 11 is 5.95. The molecule has 0 fully saturated rings. The summed E-state index contributed by atoms with van der Waals surface area (Å²) in [4.78, 5) is 8.17. The molecule has 0 bridgehead atoms. The van der Waals surface area contributed by atoms with Gasteiger partial charge in [0.15, 0.2) is 0 Å². The summed E-state index contributed by atoms with van der Waals surface area (Å²) in [6, 6.07) is 8.19. The van der Waals surface area contributed by atoms with Crippen molar-refractivity contribution in [2.24, 2.45) is 0 Å². The standard InChI is InChI=1S/C16H12ClF3N4O/c17-12-4-3-10(16(18,19)20)8-13(12)23-15-21-6-5-14(24-15)22-9-11-2-1-7-25-11/h1-8H,9H2,(H2,21,22,23,24). The molecule has 2 heterocycles. The van der Waals surface area contributed by atoms with Gasteiger partial charge in [0.2, 0.25) is 5.95 Å². The molecule has 0 atom stereocenters. The molecular weight excluding hydrogens is 357 g/mol. The van der Waals surface area contributed by atoms with E-state index in [1.165, 1.54) is 12.3 Å². The Morgan fingerprint density at radius 1 is 1.16 bits per heavy atom. The molecule has 130 valence electrons. The molecule has 0 saturated heterocycles. The molecule has 3 rings (SSSR count). The second-order valence-electron chi connectivity index (χ2n) is 5.02. The SMILES string of the molecule is FC(F)(F)c1ccc(Cl)c(Nc2nccc(NCc3ccco3)n2)c1. The Morgan fingerprint density at radius 3 is 2.72 bits per heavy atom. The Bertz CT molecular complexity index is 853. The number of nitrogens with zero attached hydrogens (tertiary/aromatic N) is 2. The minimum atomic E-state index is -4.46. The quantitative estimate of drug-likeness (QED) is 0.656. The fourth-order valence-corrected chi connectivity index (χ4v) is 2.19. The van der Waals surface area contributed by atoms with Crippen LogP contribution in [0.5, 0.6) is 0 Å². The molecule has 0 aliphatic carbocycles. The van der Waals surface area contributed by atoms with Gasteiger partial charge in [-0.15, -0.1) is 0 Å². The van der Waals surface area contributed by atoms with Crippen molar-refractivity contribution in [3.05, 3.63) is 65.2 Å². The van der Waals surface area contributed by atoms with Crippen molar-refractivity contribution in [2.75, 3.05) is 10.6 Å². The molecule has 1 aromatic carbocycles.